The lowest BCUT2D eigenvalue weighted by Gasteiger charge is -2.33. The molecule has 7 nitrogen and oxygen atoms in total. The standard InChI is InChI=1S/C17H22N4O3S/c1-3-20-8-10-21(11-9-20)17(22)16-12-15(18-19-16)13-4-6-14(7-5-13)25(2,23)24/h4-7,12H,3,8-11H2,1-2H3,(H,18,19). The SMILES string of the molecule is CCN1CCN(C(=O)c2cc(-c3ccc(S(C)(=O)=O)cc3)n[nH]2)CC1. The number of benzene rings is 1. The highest BCUT2D eigenvalue weighted by Crippen LogP contribution is 2.21. The van der Waals surface area contributed by atoms with Crippen LogP contribution < -0.4 is 0 Å². The smallest absolute Gasteiger partial charge is 0.271 e. The lowest BCUT2D eigenvalue weighted by atomic mass is 10.1. The van der Waals surface area contributed by atoms with Gasteiger partial charge in [0, 0.05) is 38.0 Å². The molecule has 25 heavy (non-hydrogen) atoms. The van der Waals surface area contributed by atoms with Gasteiger partial charge in [0.2, 0.25) is 0 Å². The molecule has 0 aliphatic carbocycles. The number of piperazine rings is 1. The molecule has 0 saturated carbocycles. The van der Waals surface area contributed by atoms with Gasteiger partial charge in [-0.25, -0.2) is 8.42 Å². The van der Waals surface area contributed by atoms with Crippen molar-refractivity contribution in [2.45, 2.75) is 11.8 Å². The van der Waals surface area contributed by atoms with E-state index in [1.807, 2.05) is 4.90 Å². The van der Waals surface area contributed by atoms with E-state index < -0.39 is 9.84 Å². The van der Waals surface area contributed by atoms with Crippen LogP contribution in [0.5, 0.6) is 0 Å². The van der Waals surface area contributed by atoms with Crippen molar-refractivity contribution in [2.75, 3.05) is 39.0 Å². The van der Waals surface area contributed by atoms with Gasteiger partial charge in [0.05, 0.1) is 10.6 Å². The molecule has 0 unspecified atom stereocenters. The quantitative estimate of drug-likeness (QED) is 0.885. The second-order valence-corrected chi connectivity index (χ2v) is 8.21. The van der Waals surface area contributed by atoms with Gasteiger partial charge in [0.25, 0.3) is 5.91 Å². The van der Waals surface area contributed by atoms with Gasteiger partial charge in [-0.15, -0.1) is 0 Å². The Balaban J connectivity index is 1.73. The predicted octanol–water partition coefficient (Wildman–Crippen LogP) is 1.26. The Kier molecular flexibility index (Phi) is 4.91. The number of aromatic amines is 1. The minimum Gasteiger partial charge on any atom is -0.335 e. The third-order valence-corrected chi connectivity index (χ3v) is 5.62. The number of hydrogen-bond acceptors (Lipinski definition) is 5. The minimum absolute atomic E-state index is 0.0535. The van der Waals surface area contributed by atoms with E-state index in [0.717, 1.165) is 25.2 Å². The Morgan fingerprint density at radius 3 is 2.36 bits per heavy atom. The van der Waals surface area contributed by atoms with Crippen molar-refractivity contribution >= 4 is 15.7 Å². The number of carbonyl (C=O) groups excluding carboxylic acids is 1. The molecule has 1 aromatic carbocycles. The first kappa shape index (κ1) is 17.6. The maximum absolute atomic E-state index is 12.6. The van der Waals surface area contributed by atoms with Crippen LogP contribution in [-0.4, -0.2) is 73.3 Å². The van der Waals surface area contributed by atoms with E-state index in [2.05, 4.69) is 22.0 Å². The molecule has 3 rings (SSSR count). The van der Waals surface area contributed by atoms with Gasteiger partial charge in [0.15, 0.2) is 9.84 Å². The first-order valence-electron chi connectivity index (χ1n) is 8.26. The van der Waals surface area contributed by atoms with Crippen molar-refractivity contribution in [3.63, 3.8) is 0 Å². The minimum atomic E-state index is -3.22. The van der Waals surface area contributed by atoms with Crippen molar-refractivity contribution < 1.29 is 13.2 Å². The summed E-state index contributed by atoms with van der Waals surface area (Å²) in [5, 5.41) is 6.99. The van der Waals surface area contributed by atoms with Crippen LogP contribution in [0.15, 0.2) is 35.2 Å². The second-order valence-electron chi connectivity index (χ2n) is 6.19. The molecule has 0 atom stereocenters. The number of nitrogens with zero attached hydrogens (tertiary/aromatic N) is 3. The zero-order valence-electron chi connectivity index (χ0n) is 14.4. The summed E-state index contributed by atoms with van der Waals surface area (Å²) < 4.78 is 23.0. The monoisotopic (exact) mass is 362 g/mol. The molecule has 1 fully saturated rings. The molecule has 1 aromatic heterocycles. The number of sulfone groups is 1. The number of likely N-dealkylation sites (N-methyl/N-ethyl adjacent to an activating group) is 1. The van der Waals surface area contributed by atoms with E-state index in [1.54, 1.807) is 30.3 Å². The van der Waals surface area contributed by atoms with Crippen LogP contribution in [0.4, 0.5) is 0 Å². The first-order valence-corrected chi connectivity index (χ1v) is 10.1. The fourth-order valence-corrected chi connectivity index (χ4v) is 3.52. The highest BCUT2D eigenvalue weighted by molar-refractivity contribution is 7.90. The summed E-state index contributed by atoms with van der Waals surface area (Å²) in [4.78, 5) is 17.0. The maximum atomic E-state index is 12.6. The van der Waals surface area contributed by atoms with E-state index in [-0.39, 0.29) is 10.8 Å². The molecule has 1 saturated heterocycles. The fourth-order valence-electron chi connectivity index (χ4n) is 2.89. The summed E-state index contributed by atoms with van der Waals surface area (Å²) in [6.45, 7) is 6.31. The van der Waals surface area contributed by atoms with E-state index in [9.17, 15) is 13.2 Å². The van der Waals surface area contributed by atoms with Crippen LogP contribution in [0, 0.1) is 0 Å². The Morgan fingerprint density at radius 2 is 1.80 bits per heavy atom. The molecular weight excluding hydrogens is 340 g/mol. The van der Waals surface area contributed by atoms with Gasteiger partial charge in [-0.1, -0.05) is 19.1 Å². The number of H-pyrrole nitrogens is 1. The summed E-state index contributed by atoms with van der Waals surface area (Å²) >= 11 is 0. The molecule has 8 heteroatoms. The van der Waals surface area contributed by atoms with Crippen LogP contribution in [0.25, 0.3) is 11.3 Å². The molecule has 1 aliphatic rings. The fraction of sp³-hybridized carbons (Fsp3) is 0.412. The van der Waals surface area contributed by atoms with Crippen molar-refractivity contribution in [3.8, 4) is 11.3 Å². The van der Waals surface area contributed by atoms with Crippen LogP contribution in [0.3, 0.4) is 0 Å². The Hall–Kier alpha value is -2.19. The predicted molar refractivity (Wildman–Crippen MR) is 95.2 cm³/mol. The van der Waals surface area contributed by atoms with Crippen molar-refractivity contribution in [2.24, 2.45) is 0 Å². The van der Waals surface area contributed by atoms with Crippen LogP contribution in [-0.2, 0) is 9.84 Å². The summed E-state index contributed by atoms with van der Waals surface area (Å²) in [6, 6.07) is 8.20. The normalized spacial score (nSPS) is 16.2. The Morgan fingerprint density at radius 1 is 1.16 bits per heavy atom. The molecule has 2 heterocycles. The van der Waals surface area contributed by atoms with Crippen LogP contribution >= 0.6 is 0 Å². The molecule has 2 aromatic rings. The molecule has 0 radical (unpaired) electrons. The third kappa shape index (κ3) is 3.91. The van der Waals surface area contributed by atoms with Gasteiger partial charge in [0.1, 0.15) is 5.69 Å². The topological polar surface area (TPSA) is 86.4 Å². The lowest BCUT2D eigenvalue weighted by Crippen LogP contribution is -2.48. The van der Waals surface area contributed by atoms with Gasteiger partial charge in [-0.2, -0.15) is 5.10 Å². The summed E-state index contributed by atoms with van der Waals surface area (Å²) in [5.41, 5.74) is 1.83. The average Bonchev–Trinajstić information content (AvgIpc) is 3.10. The second kappa shape index (κ2) is 6.97. The largest absolute Gasteiger partial charge is 0.335 e. The van der Waals surface area contributed by atoms with Gasteiger partial charge >= 0.3 is 0 Å². The van der Waals surface area contributed by atoms with Gasteiger partial charge < -0.3 is 9.80 Å². The zero-order valence-corrected chi connectivity index (χ0v) is 15.2. The average molecular weight is 362 g/mol. The van der Waals surface area contributed by atoms with Crippen LogP contribution in [0.1, 0.15) is 17.4 Å². The number of hydrogen-bond donors (Lipinski definition) is 1. The number of carbonyl (C=O) groups is 1. The molecular formula is C17H22N4O3S. The number of aromatic nitrogens is 2. The lowest BCUT2D eigenvalue weighted by molar-refractivity contribution is 0.0637. The number of nitrogens with one attached hydrogen (secondary N) is 1. The zero-order chi connectivity index (χ0) is 18.0. The summed E-state index contributed by atoms with van der Waals surface area (Å²) in [7, 11) is -3.22. The summed E-state index contributed by atoms with van der Waals surface area (Å²) in [5.74, 6) is -0.0535. The molecule has 1 aliphatic heterocycles. The van der Waals surface area contributed by atoms with E-state index in [1.165, 1.54) is 6.26 Å². The molecule has 1 amide bonds. The van der Waals surface area contributed by atoms with Crippen molar-refractivity contribution in [1.29, 1.82) is 0 Å². The molecule has 0 spiro atoms. The van der Waals surface area contributed by atoms with E-state index in [0.29, 0.717) is 24.5 Å². The van der Waals surface area contributed by atoms with Crippen molar-refractivity contribution in [3.05, 3.63) is 36.0 Å². The number of amides is 1. The first-order chi connectivity index (χ1) is 11.9. The van der Waals surface area contributed by atoms with Gasteiger partial charge in [-0.3, -0.25) is 9.89 Å². The summed E-state index contributed by atoms with van der Waals surface area (Å²) in [6.07, 6.45) is 1.17. The van der Waals surface area contributed by atoms with Crippen LogP contribution in [0.2, 0.25) is 0 Å². The van der Waals surface area contributed by atoms with Gasteiger partial charge in [-0.05, 0) is 24.7 Å². The molecule has 1 N–H and O–H groups in total. The highest BCUT2D eigenvalue weighted by Gasteiger charge is 2.23. The molecule has 0 bridgehead atoms. The third-order valence-electron chi connectivity index (χ3n) is 4.49. The van der Waals surface area contributed by atoms with E-state index >= 15 is 0 Å². The maximum Gasteiger partial charge on any atom is 0.271 e. The van der Waals surface area contributed by atoms with Crippen molar-refractivity contribution in [1.82, 2.24) is 20.0 Å². The highest BCUT2D eigenvalue weighted by atomic mass is 32.2. The van der Waals surface area contributed by atoms with E-state index in [4.69, 9.17) is 0 Å². The molecule has 134 valence electrons. The Bertz CT molecular complexity index is 850. The Labute approximate surface area is 147 Å². The number of rotatable bonds is 4.